The average Bonchev–Trinajstić information content (AvgIpc) is 2.30. The van der Waals surface area contributed by atoms with Crippen LogP contribution in [0.25, 0.3) is 0 Å². The summed E-state index contributed by atoms with van der Waals surface area (Å²) in [4.78, 5) is 11.2. The molecule has 1 rings (SSSR count). The summed E-state index contributed by atoms with van der Waals surface area (Å²) in [6.45, 7) is 3.62. The van der Waals surface area contributed by atoms with Gasteiger partial charge in [0.2, 0.25) is 0 Å². The van der Waals surface area contributed by atoms with E-state index in [1.165, 1.54) is 0 Å². The van der Waals surface area contributed by atoms with Crippen LogP contribution in [0.3, 0.4) is 0 Å². The van der Waals surface area contributed by atoms with E-state index < -0.39 is 17.5 Å². The lowest BCUT2D eigenvalue weighted by atomic mass is 9.79. The summed E-state index contributed by atoms with van der Waals surface area (Å²) < 4.78 is 0. The molecule has 0 aliphatic carbocycles. The molecule has 0 spiro atoms. The summed E-state index contributed by atoms with van der Waals surface area (Å²) in [5.41, 5.74) is -0.196. The maximum Gasteiger partial charge on any atom is 0.309 e. The molecule has 0 amide bonds. The van der Waals surface area contributed by atoms with Gasteiger partial charge in [0.15, 0.2) is 0 Å². The third-order valence-corrected chi connectivity index (χ3v) is 3.32. The molecule has 2 N–H and O–H groups in total. The molecular formula is C14H20O3. The lowest BCUT2D eigenvalue weighted by Gasteiger charge is -2.32. The second kappa shape index (κ2) is 5.82. The lowest BCUT2D eigenvalue weighted by Crippen LogP contribution is -2.43. The molecule has 94 valence electrons. The third kappa shape index (κ3) is 3.30. The van der Waals surface area contributed by atoms with Gasteiger partial charge in [-0.05, 0) is 18.4 Å². The predicted molar refractivity (Wildman–Crippen MR) is 66.8 cm³/mol. The number of carboxylic acid groups (broad SMARTS) is 1. The lowest BCUT2D eigenvalue weighted by molar-refractivity contribution is -0.152. The van der Waals surface area contributed by atoms with Gasteiger partial charge < -0.3 is 10.2 Å². The number of aliphatic carboxylic acids is 1. The molecule has 0 aliphatic rings. The first-order valence-corrected chi connectivity index (χ1v) is 6.02. The monoisotopic (exact) mass is 236 g/mol. The van der Waals surface area contributed by atoms with Crippen molar-refractivity contribution in [1.82, 2.24) is 0 Å². The molecule has 0 saturated heterocycles. The van der Waals surface area contributed by atoms with Gasteiger partial charge in [-0.15, -0.1) is 0 Å². The fraction of sp³-hybridized carbons (Fsp3) is 0.500. The molecule has 2 unspecified atom stereocenters. The van der Waals surface area contributed by atoms with Gasteiger partial charge in [0.1, 0.15) is 0 Å². The number of carboxylic acids is 1. The smallest absolute Gasteiger partial charge is 0.309 e. The van der Waals surface area contributed by atoms with Crippen molar-refractivity contribution in [3.8, 4) is 0 Å². The van der Waals surface area contributed by atoms with Crippen molar-refractivity contribution in [2.24, 2.45) is 5.92 Å². The van der Waals surface area contributed by atoms with Crippen LogP contribution in [0.15, 0.2) is 30.3 Å². The van der Waals surface area contributed by atoms with Crippen molar-refractivity contribution in [1.29, 1.82) is 0 Å². The quantitative estimate of drug-likeness (QED) is 0.797. The largest absolute Gasteiger partial charge is 0.481 e. The Bertz CT molecular complexity index is 361. The Balaban J connectivity index is 2.92. The highest BCUT2D eigenvalue weighted by atomic mass is 16.4. The van der Waals surface area contributed by atoms with Crippen LogP contribution in [0.1, 0.15) is 32.3 Å². The van der Waals surface area contributed by atoms with Crippen LogP contribution < -0.4 is 0 Å². The van der Waals surface area contributed by atoms with Crippen molar-refractivity contribution in [2.75, 3.05) is 0 Å². The first-order valence-electron chi connectivity index (χ1n) is 6.02. The fourth-order valence-electron chi connectivity index (χ4n) is 2.23. The van der Waals surface area contributed by atoms with Crippen molar-refractivity contribution in [3.63, 3.8) is 0 Å². The third-order valence-electron chi connectivity index (χ3n) is 3.32. The van der Waals surface area contributed by atoms with E-state index in [2.05, 4.69) is 0 Å². The Morgan fingerprint density at radius 2 is 1.88 bits per heavy atom. The van der Waals surface area contributed by atoms with Crippen molar-refractivity contribution in [3.05, 3.63) is 35.9 Å². The highest BCUT2D eigenvalue weighted by Gasteiger charge is 2.38. The predicted octanol–water partition coefficient (Wildman–Crippen LogP) is 2.48. The van der Waals surface area contributed by atoms with E-state index in [4.69, 9.17) is 5.11 Å². The molecule has 2 atom stereocenters. The summed E-state index contributed by atoms with van der Waals surface area (Å²) in [6.07, 6.45) is 1.26. The van der Waals surface area contributed by atoms with Gasteiger partial charge in [-0.3, -0.25) is 4.79 Å². The Labute approximate surface area is 102 Å². The van der Waals surface area contributed by atoms with E-state index in [9.17, 15) is 9.90 Å². The van der Waals surface area contributed by atoms with Gasteiger partial charge in [-0.25, -0.2) is 0 Å². The summed E-state index contributed by atoms with van der Waals surface area (Å²) >= 11 is 0. The summed E-state index contributed by atoms with van der Waals surface area (Å²) in [7, 11) is 0. The first kappa shape index (κ1) is 13.7. The molecule has 0 bridgehead atoms. The van der Waals surface area contributed by atoms with Crippen molar-refractivity contribution >= 4 is 5.97 Å². The molecule has 0 aromatic heterocycles. The topological polar surface area (TPSA) is 57.5 Å². The number of benzene rings is 1. The van der Waals surface area contributed by atoms with Gasteiger partial charge in [0, 0.05) is 6.42 Å². The van der Waals surface area contributed by atoms with Gasteiger partial charge in [0.05, 0.1) is 11.5 Å². The Kier molecular flexibility index (Phi) is 4.70. The zero-order valence-corrected chi connectivity index (χ0v) is 10.4. The van der Waals surface area contributed by atoms with Crippen LogP contribution in [-0.2, 0) is 11.2 Å². The molecule has 0 saturated carbocycles. The van der Waals surface area contributed by atoms with Crippen LogP contribution in [0.2, 0.25) is 0 Å². The van der Waals surface area contributed by atoms with Crippen LogP contribution >= 0.6 is 0 Å². The highest BCUT2D eigenvalue weighted by Crippen LogP contribution is 2.28. The molecule has 0 radical (unpaired) electrons. The molecule has 17 heavy (non-hydrogen) atoms. The molecule has 1 aromatic rings. The fourth-order valence-corrected chi connectivity index (χ4v) is 2.23. The van der Waals surface area contributed by atoms with Crippen LogP contribution in [0.5, 0.6) is 0 Å². The Morgan fingerprint density at radius 1 is 1.29 bits per heavy atom. The molecule has 0 fully saturated rings. The molecule has 3 nitrogen and oxygen atoms in total. The van der Waals surface area contributed by atoms with E-state index in [-0.39, 0.29) is 0 Å². The van der Waals surface area contributed by atoms with Crippen LogP contribution in [0, 0.1) is 5.92 Å². The number of rotatable bonds is 6. The molecular weight excluding hydrogens is 216 g/mol. The van der Waals surface area contributed by atoms with Crippen LogP contribution in [-0.4, -0.2) is 21.8 Å². The zero-order chi connectivity index (χ0) is 12.9. The molecule has 1 aromatic carbocycles. The van der Waals surface area contributed by atoms with E-state index in [0.717, 1.165) is 5.56 Å². The van der Waals surface area contributed by atoms with E-state index in [1.807, 2.05) is 37.3 Å². The van der Waals surface area contributed by atoms with Crippen molar-refractivity contribution < 1.29 is 15.0 Å². The van der Waals surface area contributed by atoms with Crippen molar-refractivity contribution in [2.45, 2.75) is 38.7 Å². The summed E-state index contributed by atoms with van der Waals surface area (Å²) in [6, 6.07) is 9.52. The van der Waals surface area contributed by atoms with Gasteiger partial charge in [-0.2, -0.15) is 0 Å². The second-order valence-corrected chi connectivity index (χ2v) is 4.42. The Morgan fingerprint density at radius 3 is 2.29 bits per heavy atom. The molecule has 0 aliphatic heterocycles. The summed E-state index contributed by atoms with van der Waals surface area (Å²) in [5, 5.41) is 19.7. The summed E-state index contributed by atoms with van der Waals surface area (Å²) in [5.74, 6) is -1.64. The number of hydrogen-bond acceptors (Lipinski definition) is 2. The van der Waals surface area contributed by atoms with E-state index in [1.54, 1.807) is 6.92 Å². The maximum atomic E-state index is 11.2. The molecule has 0 heterocycles. The van der Waals surface area contributed by atoms with Crippen LogP contribution in [0.4, 0.5) is 0 Å². The minimum Gasteiger partial charge on any atom is -0.481 e. The first-order chi connectivity index (χ1) is 8.03. The standard InChI is InChI=1S/C14H20O3/c1-3-12(13(15)16)14(17,4-2)10-11-8-6-5-7-9-11/h5-9,12,17H,3-4,10H2,1-2H3,(H,15,16). The molecule has 3 heteroatoms. The average molecular weight is 236 g/mol. The Hall–Kier alpha value is -1.35. The van der Waals surface area contributed by atoms with E-state index in [0.29, 0.717) is 19.3 Å². The number of aliphatic hydroxyl groups is 1. The zero-order valence-electron chi connectivity index (χ0n) is 10.4. The van der Waals surface area contributed by atoms with Gasteiger partial charge in [0.25, 0.3) is 0 Å². The SMILES string of the molecule is CCC(C(=O)O)C(O)(CC)Cc1ccccc1. The number of carbonyl (C=O) groups is 1. The second-order valence-electron chi connectivity index (χ2n) is 4.42. The number of hydrogen-bond donors (Lipinski definition) is 2. The maximum absolute atomic E-state index is 11.2. The minimum absolute atomic E-state index is 0.384. The minimum atomic E-state index is -1.16. The highest BCUT2D eigenvalue weighted by molar-refractivity contribution is 5.71. The van der Waals surface area contributed by atoms with Gasteiger partial charge in [-0.1, -0.05) is 44.2 Å². The van der Waals surface area contributed by atoms with E-state index >= 15 is 0 Å². The normalized spacial score (nSPS) is 16.2. The van der Waals surface area contributed by atoms with Gasteiger partial charge >= 0.3 is 5.97 Å².